The quantitative estimate of drug-likeness (QED) is 0.384. The summed E-state index contributed by atoms with van der Waals surface area (Å²) in [7, 11) is 0. The van der Waals surface area contributed by atoms with Crippen LogP contribution in [0.15, 0.2) is 0 Å². The van der Waals surface area contributed by atoms with Crippen LogP contribution < -0.4 is 0 Å². The predicted octanol–water partition coefficient (Wildman–Crippen LogP) is 3.01. The second kappa shape index (κ2) is 6.40. The molecule has 0 fully saturated rings. The highest BCUT2D eigenvalue weighted by Crippen LogP contribution is 2.21. The van der Waals surface area contributed by atoms with E-state index in [0.29, 0.717) is 12.0 Å². The van der Waals surface area contributed by atoms with Gasteiger partial charge in [0.2, 0.25) is 0 Å². The van der Waals surface area contributed by atoms with Gasteiger partial charge in [-0.3, -0.25) is 0 Å². The van der Waals surface area contributed by atoms with Crippen LogP contribution in [0.3, 0.4) is 0 Å². The maximum absolute atomic E-state index is 7.83. The zero-order valence-corrected chi connectivity index (χ0v) is 8.30. The van der Waals surface area contributed by atoms with E-state index in [1.54, 1.807) is 0 Å². The molecule has 0 aliphatic heterocycles. The second-order valence-corrected chi connectivity index (χ2v) is 4.27. The van der Waals surface area contributed by atoms with Gasteiger partial charge in [-0.2, -0.15) is 0 Å². The maximum atomic E-state index is 7.83. The van der Waals surface area contributed by atoms with Gasteiger partial charge in [0.15, 0.2) is 0 Å². The first-order valence-electron chi connectivity index (χ1n) is 4.49. The Morgan fingerprint density at radius 3 is 2.25 bits per heavy atom. The van der Waals surface area contributed by atoms with Gasteiger partial charge in [0.05, 0.1) is 6.61 Å². The molecule has 1 N–H and O–H groups in total. The monoisotopic (exact) mass is 176 g/mol. The summed E-state index contributed by atoms with van der Waals surface area (Å²) < 4.78 is 0. The highest BCUT2D eigenvalue weighted by molar-refractivity contribution is 4.60. The molecule has 3 heteroatoms. The Kier molecular flexibility index (Phi) is 6.34. The van der Waals surface area contributed by atoms with E-state index < -0.39 is 0 Å². The zero-order valence-electron chi connectivity index (χ0n) is 8.30. The Morgan fingerprint density at radius 1 is 1.08 bits per heavy atom. The van der Waals surface area contributed by atoms with Crippen molar-refractivity contribution >= 4 is 0 Å². The Hall–Kier alpha value is -0.120. The fraction of sp³-hybridized carbons (Fsp3) is 1.00. The first-order chi connectivity index (χ1) is 5.56. The Balaban J connectivity index is 3.01. The lowest BCUT2D eigenvalue weighted by Gasteiger charge is -2.17. The third kappa shape index (κ3) is 9.88. The van der Waals surface area contributed by atoms with Crippen molar-refractivity contribution in [3.05, 3.63) is 0 Å². The minimum atomic E-state index is 0.425. The van der Waals surface area contributed by atoms with Crippen molar-refractivity contribution < 1.29 is 15.2 Å². The van der Waals surface area contributed by atoms with Gasteiger partial charge in [-0.05, 0) is 18.3 Å². The molecule has 3 nitrogen and oxygen atoms in total. The van der Waals surface area contributed by atoms with Crippen molar-refractivity contribution in [2.45, 2.75) is 46.5 Å². The summed E-state index contributed by atoms with van der Waals surface area (Å²) >= 11 is 0. The fourth-order valence-corrected chi connectivity index (χ4v) is 1.03. The van der Waals surface area contributed by atoms with E-state index >= 15 is 0 Å². The number of rotatable bonds is 6. The Labute approximate surface area is 74.5 Å². The van der Waals surface area contributed by atoms with Crippen molar-refractivity contribution in [2.75, 3.05) is 6.61 Å². The van der Waals surface area contributed by atoms with Gasteiger partial charge in [-0.15, -0.1) is 0 Å². The van der Waals surface area contributed by atoms with Gasteiger partial charge in [0.1, 0.15) is 0 Å². The summed E-state index contributed by atoms with van der Waals surface area (Å²) in [5.74, 6) is 0. The summed E-state index contributed by atoms with van der Waals surface area (Å²) in [6, 6.07) is 0. The third-order valence-corrected chi connectivity index (χ3v) is 1.71. The molecule has 0 aliphatic rings. The average Bonchev–Trinajstić information content (AvgIpc) is 1.94. The van der Waals surface area contributed by atoms with Crippen molar-refractivity contribution in [3.8, 4) is 0 Å². The second-order valence-electron chi connectivity index (χ2n) is 4.27. The molecule has 0 spiro atoms. The van der Waals surface area contributed by atoms with Crippen molar-refractivity contribution in [2.24, 2.45) is 5.41 Å². The highest BCUT2D eigenvalue weighted by Gasteiger charge is 2.08. The molecule has 12 heavy (non-hydrogen) atoms. The van der Waals surface area contributed by atoms with Crippen molar-refractivity contribution in [3.63, 3.8) is 0 Å². The molecule has 0 rings (SSSR count). The van der Waals surface area contributed by atoms with Crippen LogP contribution >= 0.6 is 0 Å². The van der Waals surface area contributed by atoms with E-state index in [0.717, 1.165) is 12.8 Å². The summed E-state index contributed by atoms with van der Waals surface area (Å²) in [6.45, 7) is 7.18. The number of hydrogen-bond donors (Lipinski definition) is 1. The van der Waals surface area contributed by atoms with Crippen LogP contribution in [0, 0.1) is 5.41 Å². The van der Waals surface area contributed by atoms with Crippen molar-refractivity contribution in [1.82, 2.24) is 0 Å². The molecule has 0 heterocycles. The van der Waals surface area contributed by atoms with E-state index in [1.165, 1.54) is 12.8 Å². The molecule has 0 aromatic carbocycles. The van der Waals surface area contributed by atoms with Gasteiger partial charge in [-0.25, -0.2) is 10.1 Å². The fourth-order valence-electron chi connectivity index (χ4n) is 1.03. The molecule has 0 amide bonds. The lowest BCUT2D eigenvalue weighted by molar-refractivity contribution is -0.490. The van der Waals surface area contributed by atoms with Gasteiger partial charge >= 0.3 is 0 Å². The van der Waals surface area contributed by atoms with E-state index in [2.05, 4.69) is 30.7 Å². The van der Waals surface area contributed by atoms with Crippen LogP contribution in [-0.2, 0) is 9.93 Å². The van der Waals surface area contributed by atoms with Crippen LogP contribution in [0.2, 0.25) is 0 Å². The summed E-state index contributed by atoms with van der Waals surface area (Å²) in [5.41, 5.74) is 0.425. The van der Waals surface area contributed by atoms with E-state index in [-0.39, 0.29) is 0 Å². The highest BCUT2D eigenvalue weighted by atomic mass is 17.5. The summed E-state index contributed by atoms with van der Waals surface area (Å²) in [4.78, 5) is 4.32. The lowest BCUT2D eigenvalue weighted by Crippen LogP contribution is -2.04. The topological polar surface area (TPSA) is 38.7 Å². The normalized spacial score (nSPS) is 12.0. The molecule has 0 bridgehead atoms. The van der Waals surface area contributed by atoms with E-state index in [4.69, 9.17) is 5.26 Å². The van der Waals surface area contributed by atoms with E-state index in [1.807, 2.05) is 0 Å². The molecule has 0 aromatic rings. The maximum Gasteiger partial charge on any atom is 0.0853 e. The van der Waals surface area contributed by atoms with Crippen LogP contribution in [0.1, 0.15) is 46.5 Å². The summed E-state index contributed by atoms with van der Waals surface area (Å²) in [6.07, 6.45) is 4.50. The van der Waals surface area contributed by atoms with Gasteiger partial charge in [-0.1, -0.05) is 38.7 Å². The average molecular weight is 176 g/mol. The zero-order chi connectivity index (χ0) is 9.45. The van der Waals surface area contributed by atoms with Gasteiger partial charge in [0, 0.05) is 0 Å². The molecule has 74 valence electrons. The molecule has 0 radical (unpaired) electrons. The first-order valence-corrected chi connectivity index (χ1v) is 4.49. The Bertz CT molecular complexity index is 96.4. The minimum Gasteiger partial charge on any atom is -0.221 e. The third-order valence-electron chi connectivity index (χ3n) is 1.71. The largest absolute Gasteiger partial charge is 0.221 e. The predicted molar refractivity (Wildman–Crippen MR) is 47.6 cm³/mol. The first kappa shape index (κ1) is 11.9. The molecule has 0 aliphatic carbocycles. The number of hydrogen-bond acceptors (Lipinski definition) is 3. The molecule has 0 saturated heterocycles. The van der Waals surface area contributed by atoms with Crippen molar-refractivity contribution in [1.29, 1.82) is 0 Å². The molecular weight excluding hydrogens is 156 g/mol. The van der Waals surface area contributed by atoms with Gasteiger partial charge in [0.25, 0.3) is 0 Å². The lowest BCUT2D eigenvalue weighted by atomic mass is 9.89. The van der Waals surface area contributed by atoms with Crippen LogP contribution in [-0.4, -0.2) is 11.9 Å². The molecule has 0 saturated carbocycles. The van der Waals surface area contributed by atoms with E-state index in [9.17, 15) is 0 Å². The van der Waals surface area contributed by atoms with Gasteiger partial charge < -0.3 is 0 Å². The molecular formula is C9H20O3. The number of unbranched alkanes of at least 4 members (excludes halogenated alkanes) is 2. The standard InChI is InChI=1S/C9H20O3/c1-9(2,3)7-5-4-6-8-11-12-10/h10H,4-8H2,1-3H3. The SMILES string of the molecule is CC(C)(C)CCCCCOOO. The molecule has 0 aromatic heterocycles. The minimum absolute atomic E-state index is 0.425. The summed E-state index contributed by atoms with van der Waals surface area (Å²) in [5, 5.41) is 11.3. The van der Waals surface area contributed by atoms with Crippen LogP contribution in [0.5, 0.6) is 0 Å². The van der Waals surface area contributed by atoms with Crippen LogP contribution in [0.4, 0.5) is 0 Å². The molecule has 0 atom stereocenters. The molecule has 0 unspecified atom stereocenters. The Morgan fingerprint density at radius 2 is 1.75 bits per heavy atom. The smallest absolute Gasteiger partial charge is 0.0853 e. The van der Waals surface area contributed by atoms with Crippen LogP contribution in [0.25, 0.3) is 0 Å².